The monoisotopic (exact) mass is 348 g/mol. The number of nitrogens with one attached hydrogen (secondary N) is 1. The molecule has 2 amide bonds. The third-order valence-electron chi connectivity index (χ3n) is 4.18. The highest BCUT2D eigenvalue weighted by Crippen LogP contribution is 2.24. The SMILES string of the molecule is CC(NC(=O)COc1ccc(C(N)=O)cc1)c1cccc2ccccc12. The van der Waals surface area contributed by atoms with Gasteiger partial charge in [-0.2, -0.15) is 0 Å². The van der Waals surface area contributed by atoms with E-state index in [0.29, 0.717) is 11.3 Å². The number of carbonyl (C=O) groups is 2. The van der Waals surface area contributed by atoms with Crippen LogP contribution in [0.1, 0.15) is 28.9 Å². The lowest BCUT2D eigenvalue weighted by atomic mass is 10.00. The van der Waals surface area contributed by atoms with E-state index in [1.165, 1.54) is 0 Å². The lowest BCUT2D eigenvalue weighted by Gasteiger charge is -2.17. The van der Waals surface area contributed by atoms with Crippen molar-refractivity contribution in [2.75, 3.05) is 6.61 Å². The van der Waals surface area contributed by atoms with Gasteiger partial charge in [0.25, 0.3) is 5.91 Å². The lowest BCUT2D eigenvalue weighted by Crippen LogP contribution is -2.31. The fourth-order valence-corrected chi connectivity index (χ4v) is 2.85. The third kappa shape index (κ3) is 4.00. The molecule has 3 rings (SSSR count). The summed E-state index contributed by atoms with van der Waals surface area (Å²) in [4.78, 5) is 23.2. The van der Waals surface area contributed by atoms with Crippen LogP contribution >= 0.6 is 0 Å². The summed E-state index contributed by atoms with van der Waals surface area (Å²) in [7, 11) is 0. The van der Waals surface area contributed by atoms with Gasteiger partial charge in [0.05, 0.1) is 6.04 Å². The van der Waals surface area contributed by atoms with Gasteiger partial charge >= 0.3 is 0 Å². The number of ether oxygens (including phenoxy) is 1. The summed E-state index contributed by atoms with van der Waals surface area (Å²) in [5, 5.41) is 5.20. The zero-order valence-electron chi connectivity index (χ0n) is 14.4. The molecule has 132 valence electrons. The summed E-state index contributed by atoms with van der Waals surface area (Å²) in [6.45, 7) is 1.84. The van der Waals surface area contributed by atoms with Gasteiger partial charge in [0, 0.05) is 5.56 Å². The summed E-state index contributed by atoms with van der Waals surface area (Å²) in [6, 6.07) is 20.3. The van der Waals surface area contributed by atoms with Crippen LogP contribution < -0.4 is 15.8 Å². The van der Waals surface area contributed by atoms with Crippen LogP contribution in [-0.4, -0.2) is 18.4 Å². The Balaban J connectivity index is 1.61. The van der Waals surface area contributed by atoms with Crippen LogP contribution in [0.5, 0.6) is 5.75 Å². The minimum atomic E-state index is -0.502. The maximum atomic E-state index is 12.2. The fraction of sp³-hybridized carbons (Fsp3) is 0.143. The van der Waals surface area contributed by atoms with Gasteiger partial charge in [-0.15, -0.1) is 0 Å². The first-order valence-electron chi connectivity index (χ1n) is 8.34. The number of nitrogens with two attached hydrogens (primary N) is 1. The first-order chi connectivity index (χ1) is 12.5. The standard InChI is InChI=1S/C21H20N2O3/c1-14(18-8-4-6-15-5-2-3-7-19(15)18)23-20(24)13-26-17-11-9-16(10-12-17)21(22)25/h2-12,14H,13H2,1H3,(H2,22,25)(H,23,24). The minimum absolute atomic E-state index is 0.106. The number of primary amides is 1. The molecule has 0 saturated carbocycles. The molecule has 0 aliphatic rings. The highest BCUT2D eigenvalue weighted by atomic mass is 16.5. The van der Waals surface area contributed by atoms with Crippen LogP contribution in [-0.2, 0) is 4.79 Å². The van der Waals surface area contributed by atoms with Crippen LogP contribution in [0, 0.1) is 0 Å². The number of fused-ring (bicyclic) bond motifs is 1. The molecule has 26 heavy (non-hydrogen) atoms. The van der Waals surface area contributed by atoms with E-state index >= 15 is 0 Å². The molecule has 0 fully saturated rings. The molecule has 3 aromatic carbocycles. The van der Waals surface area contributed by atoms with Crippen molar-refractivity contribution >= 4 is 22.6 Å². The molecule has 5 heteroatoms. The Morgan fingerprint density at radius 2 is 1.69 bits per heavy atom. The normalized spacial score (nSPS) is 11.7. The number of benzene rings is 3. The first kappa shape index (κ1) is 17.5. The van der Waals surface area contributed by atoms with E-state index in [2.05, 4.69) is 5.32 Å². The predicted molar refractivity (Wildman–Crippen MR) is 101 cm³/mol. The van der Waals surface area contributed by atoms with E-state index in [1.54, 1.807) is 24.3 Å². The van der Waals surface area contributed by atoms with Gasteiger partial charge in [0.2, 0.25) is 5.91 Å². The molecule has 0 aromatic heterocycles. The van der Waals surface area contributed by atoms with Crippen molar-refractivity contribution < 1.29 is 14.3 Å². The summed E-state index contributed by atoms with van der Waals surface area (Å²) < 4.78 is 5.46. The van der Waals surface area contributed by atoms with Crippen molar-refractivity contribution in [3.05, 3.63) is 77.9 Å². The average molecular weight is 348 g/mol. The van der Waals surface area contributed by atoms with E-state index in [-0.39, 0.29) is 18.6 Å². The molecule has 5 nitrogen and oxygen atoms in total. The number of hydrogen-bond acceptors (Lipinski definition) is 3. The van der Waals surface area contributed by atoms with Crippen molar-refractivity contribution in [2.45, 2.75) is 13.0 Å². The third-order valence-corrected chi connectivity index (χ3v) is 4.18. The molecule has 3 aromatic rings. The maximum Gasteiger partial charge on any atom is 0.258 e. The van der Waals surface area contributed by atoms with Crippen LogP contribution in [0.15, 0.2) is 66.7 Å². The van der Waals surface area contributed by atoms with E-state index in [1.807, 2.05) is 49.4 Å². The van der Waals surface area contributed by atoms with Gasteiger partial charge in [-0.1, -0.05) is 42.5 Å². The molecule has 0 radical (unpaired) electrons. The van der Waals surface area contributed by atoms with Crippen LogP contribution in [0.3, 0.4) is 0 Å². The summed E-state index contributed by atoms with van der Waals surface area (Å²) >= 11 is 0. The smallest absolute Gasteiger partial charge is 0.258 e. The molecular formula is C21H20N2O3. The van der Waals surface area contributed by atoms with E-state index in [9.17, 15) is 9.59 Å². The Bertz CT molecular complexity index is 930. The molecule has 0 heterocycles. The number of hydrogen-bond donors (Lipinski definition) is 2. The van der Waals surface area contributed by atoms with Crippen molar-refractivity contribution in [3.8, 4) is 5.75 Å². The Hall–Kier alpha value is -3.34. The van der Waals surface area contributed by atoms with Gasteiger partial charge in [0.1, 0.15) is 5.75 Å². The predicted octanol–water partition coefficient (Wildman–Crippen LogP) is 3.19. The second kappa shape index (κ2) is 7.70. The first-order valence-corrected chi connectivity index (χ1v) is 8.34. The Labute approximate surface area is 151 Å². The van der Waals surface area contributed by atoms with E-state index in [4.69, 9.17) is 10.5 Å². The van der Waals surface area contributed by atoms with Gasteiger partial charge < -0.3 is 15.8 Å². The molecule has 3 N–H and O–H groups in total. The highest BCUT2D eigenvalue weighted by molar-refractivity contribution is 5.92. The molecule has 1 atom stereocenters. The molecule has 1 unspecified atom stereocenters. The zero-order chi connectivity index (χ0) is 18.5. The summed E-state index contributed by atoms with van der Waals surface area (Å²) in [5.74, 6) is -0.217. The molecule has 0 aliphatic carbocycles. The highest BCUT2D eigenvalue weighted by Gasteiger charge is 2.12. The van der Waals surface area contributed by atoms with Crippen LogP contribution in [0.4, 0.5) is 0 Å². The number of rotatable bonds is 6. The Kier molecular flexibility index (Phi) is 5.17. The summed E-state index contributed by atoms with van der Waals surface area (Å²) in [6.07, 6.45) is 0. The van der Waals surface area contributed by atoms with Gasteiger partial charge in [-0.05, 0) is 47.5 Å². The van der Waals surface area contributed by atoms with Crippen molar-refractivity contribution in [2.24, 2.45) is 5.73 Å². The van der Waals surface area contributed by atoms with Gasteiger partial charge in [0.15, 0.2) is 6.61 Å². The molecule has 0 aliphatic heterocycles. The fourth-order valence-electron chi connectivity index (χ4n) is 2.85. The number of amides is 2. The Morgan fingerprint density at radius 3 is 2.42 bits per heavy atom. The molecule has 0 saturated heterocycles. The van der Waals surface area contributed by atoms with Crippen molar-refractivity contribution in [1.82, 2.24) is 5.32 Å². The van der Waals surface area contributed by atoms with Crippen LogP contribution in [0.2, 0.25) is 0 Å². The quantitative estimate of drug-likeness (QED) is 0.718. The topological polar surface area (TPSA) is 81.4 Å². The zero-order valence-corrected chi connectivity index (χ0v) is 14.4. The van der Waals surface area contributed by atoms with Crippen molar-refractivity contribution in [3.63, 3.8) is 0 Å². The second-order valence-electron chi connectivity index (χ2n) is 6.03. The van der Waals surface area contributed by atoms with E-state index < -0.39 is 5.91 Å². The van der Waals surface area contributed by atoms with Crippen LogP contribution in [0.25, 0.3) is 10.8 Å². The lowest BCUT2D eigenvalue weighted by molar-refractivity contribution is -0.123. The largest absolute Gasteiger partial charge is 0.484 e. The average Bonchev–Trinajstić information content (AvgIpc) is 2.66. The summed E-state index contributed by atoms with van der Waals surface area (Å²) in [5.41, 5.74) is 6.64. The van der Waals surface area contributed by atoms with Gasteiger partial charge in [-0.3, -0.25) is 9.59 Å². The Morgan fingerprint density at radius 1 is 1.00 bits per heavy atom. The van der Waals surface area contributed by atoms with Gasteiger partial charge in [-0.25, -0.2) is 0 Å². The van der Waals surface area contributed by atoms with Crippen molar-refractivity contribution in [1.29, 1.82) is 0 Å². The van der Waals surface area contributed by atoms with E-state index in [0.717, 1.165) is 16.3 Å². The molecule has 0 bridgehead atoms. The minimum Gasteiger partial charge on any atom is -0.484 e. The number of carbonyl (C=O) groups excluding carboxylic acids is 2. The second-order valence-corrected chi connectivity index (χ2v) is 6.03. The molecular weight excluding hydrogens is 328 g/mol. The maximum absolute atomic E-state index is 12.2. The molecule has 0 spiro atoms.